The average Bonchev–Trinajstić information content (AvgIpc) is 3.08. The third-order valence-corrected chi connectivity index (χ3v) is 4.03. The Morgan fingerprint density at radius 1 is 1.21 bits per heavy atom. The fraction of sp³-hybridized carbons (Fsp3) is 1.00. The maximum Gasteiger partial charge on any atom is 0.0611 e. The lowest BCUT2D eigenvalue weighted by Crippen LogP contribution is -2.53. The first-order valence-corrected chi connectivity index (χ1v) is 7.91. The summed E-state index contributed by atoms with van der Waals surface area (Å²) in [6.07, 6.45) is 3.54. The molecule has 0 amide bonds. The molecule has 19 heavy (non-hydrogen) atoms. The summed E-state index contributed by atoms with van der Waals surface area (Å²) >= 11 is 0. The molecule has 0 aromatic carbocycles. The Balaban J connectivity index is 2.59. The van der Waals surface area contributed by atoms with Crippen LogP contribution < -0.4 is 5.32 Å². The van der Waals surface area contributed by atoms with Gasteiger partial charge in [0.1, 0.15) is 0 Å². The quantitative estimate of drug-likeness (QED) is 0.676. The first-order valence-electron chi connectivity index (χ1n) is 7.91. The molecular weight excluding hydrogens is 236 g/mol. The summed E-state index contributed by atoms with van der Waals surface area (Å²) < 4.78 is 0. The third-order valence-electron chi connectivity index (χ3n) is 4.03. The van der Waals surface area contributed by atoms with E-state index >= 15 is 0 Å². The molecule has 114 valence electrons. The Labute approximate surface area is 119 Å². The van der Waals surface area contributed by atoms with E-state index in [0.717, 1.165) is 13.0 Å². The molecule has 0 heterocycles. The topological polar surface area (TPSA) is 35.5 Å². The summed E-state index contributed by atoms with van der Waals surface area (Å²) in [6, 6.07) is 1.69. The van der Waals surface area contributed by atoms with Gasteiger partial charge in [0, 0.05) is 30.2 Å². The molecule has 1 aliphatic carbocycles. The molecule has 1 saturated carbocycles. The zero-order valence-corrected chi connectivity index (χ0v) is 13.7. The summed E-state index contributed by atoms with van der Waals surface area (Å²) in [5.74, 6) is 0.682. The van der Waals surface area contributed by atoms with Gasteiger partial charge in [-0.1, -0.05) is 13.8 Å². The highest BCUT2D eigenvalue weighted by Crippen LogP contribution is 2.26. The van der Waals surface area contributed by atoms with Crippen molar-refractivity contribution in [1.82, 2.24) is 10.2 Å². The number of hydrogen-bond donors (Lipinski definition) is 2. The molecule has 0 radical (unpaired) electrons. The number of aliphatic hydroxyl groups is 1. The fourth-order valence-electron chi connectivity index (χ4n) is 2.98. The Morgan fingerprint density at radius 2 is 1.79 bits per heavy atom. The van der Waals surface area contributed by atoms with Gasteiger partial charge in [-0.15, -0.1) is 0 Å². The number of aliphatic hydroxyl groups excluding tert-OH is 1. The Morgan fingerprint density at radius 3 is 2.16 bits per heavy atom. The second-order valence-corrected chi connectivity index (χ2v) is 7.37. The van der Waals surface area contributed by atoms with Crippen LogP contribution in [0.4, 0.5) is 0 Å². The highest BCUT2D eigenvalue weighted by atomic mass is 16.3. The molecule has 1 rings (SSSR count). The van der Waals surface area contributed by atoms with Gasteiger partial charge in [0.2, 0.25) is 0 Å². The van der Waals surface area contributed by atoms with Crippen LogP contribution in [0.3, 0.4) is 0 Å². The van der Waals surface area contributed by atoms with E-state index in [9.17, 15) is 5.11 Å². The van der Waals surface area contributed by atoms with Crippen LogP contribution in [0.1, 0.15) is 60.8 Å². The van der Waals surface area contributed by atoms with Crippen molar-refractivity contribution in [3.05, 3.63) is 0 Å². The van der Waals surface area contributed by atoms with Crippen LogP contribution in [0.15, 0.2) is 0 Å². The van der Waals surface area contributed by atoms with E-state index in [1.54, 1.807) is 0 Å². The molecule has 3 heteroatoms. The van der Waals surface area contributed by atoms with Gasteiger partial charge < -0.3 is 10.4 Å². The average molecular weight is 270 g/mol. The first-order chi connectivity index (χ1) is 8.77. The monoisotopic (exact) mass is 270 g/mol. The second kappa shape index (κ2) is 7.05. The lowest BCUT2D eigenvalue weighted by molar-refractivity contribution is 0.0874. The molecule has 2 atom stereocenters. The zero-order chi connectivity index (χ0) is 14.6. The fourth-order valence-corrected chi connectivity index (χ4v) is 2.98. The van der Waals surface area contributed by atoms with E-state index in [1.165, 1.54) is 12.8 Å². The highest BCUT2D eigenvalue weighted by molar-refractivity contribution is 4.94. The van der Waals surface area contributed by atoms with E-state index < -0.39 is 0 Å². The largest absolute Gasteiger partial charge is 0.394 e. The van der Waals surface area contributed by atoms with Crippen molar-refractivity contribution in [2.45, 2.75) is 84.5 Å². The summed E-state index contributed by atoms with van der Waals surface area (Å²) in [5.41, 5.74) is -0.134. The van der Waals surface area contributed by atoms with Gasteiger partial charge in [-0.3, -0.25) is 4.90 Å². The van der Waals surface area contributed by atoms with Crippen molar-refractivity contribution in [2.75, 3.05) is 13.2 Å². The predicted molar refractivity (Wildman–Crippen MR) is 82.4 cm³/mol. The third kappa shape index (κ3) is 5.80. The van der Waals surface area contributed by atoms with E-state index in [2.05, 4.69) is 51.8 Å². The number of nitrogens with one attached hydrogen (secondary N) is 1. The predicted octanol–water partition coefficient (Wildman–Crippen LogP) is 2.63. The van der Waals surface area contributed by atoms with Crippen molar-refractivity contribution in [3.63, 3.8) is 0 Å². The minimum atomic E-state index is -0.134. The second-order valence-electron chi connectivity index (χ2n) is 7.37. The Hall–Kier alpha value is -0.120. The minimum absolute atomic E-state index is 0.134. The van der Waals surface area contributed by atoms with Gasteiger partial charge in [0.15, 0.2) is 0 Å². The lowest BCUT2D eigenvalue weighted by Gasteiger charge is -2.39. The van der Waals surface area contributed by atoms with Gasteiger partial charge in [0.05, 0.1) is 6.61 Å². The van der Waals surface area contributed by atoms with Crippen LogP contribution in [0.2, 0.25) is 0 Å². The van der Waals surface area contributed by atoms with Gasteiger partial charge in [-0.05, 0) is 52.9 Å². The number of nitrogens with zero attached hydrogens (tertiary/aromatic N) is 1. The van der Waals surface area contributed by atoms with Gasteiger partial charge in [-0.2, -0.15) is 0 Å². The summed E-state index contributed by atoms with van der Waals surface area (Å²) in [7, 11) is 0. The van der Waals surface area contributed by atoms with E-state index in [0.29, 0.717) is 24.0 Å². The highest BCUT2D eigenvalue weighted by Gasteiger charge is 2.34. The molecule has 1 fully saturated rings. The maximum absolute atomic E-state index is 9.73. The first kappa shape index (κ1) is 16.9. The van der Waals surface area contributed by atoms with Crippen LogP contribution in [0.5, 0.6) is 0 Å². The van der Waals surface area contributed by atoms with Crippen LogP contribution in [-0.4, -0.2) is 46.8 Å². The zero-order valence-electron chi connectivity index (χ0n) is 13.7. The molecule has 0 aromatic rings. The molecule has 0 aromatic heterocycles. The van der Waals surface area contributed by atoms with Crippen molar-refractivity contribution < 1.29 is 5.11 Å². The Kier molecular flexibility index (Phi) is 6.28. The van der Waals surface area contributed by atoms with E-state index in [1.807, 2.05) is 0 Å². The Bertz CT molecular complexity index is 263. The molecule has 0 aliphatic heterocycles. The lowest BCUT2D eigenvalue weighted by atomic mass is 9.92. The van der Waals surface area contributed by atoms with Gasteiger partial charge >= 0.3 is 0 Å². The normalized spacial score (nSPS) is 21.2. The molecule has 3 nitrogen and oxygen atoms in total. The summed E-state index contributed by atoms with van der Waals surface area (Å²) in [6.45, 7) is 14.9. The SMILES string of the molecule is CC(C)CN(C(C)C)C(C)CC(C)(CO)NC1CC1. The van der Waals surface area contributed by atoms with Crippen LogP contribution in [0.25, 0.3) is 0 Å². The van der Waals surface area contributed by atoms with Gasteiger partial charge in [0.25, 0.3) is 0 Å². The molecule has 0 spiro atoms. The molecular formula is C16H34N2O. The minimum Gasteiger partial charge on any atom is -0.394 e. The van der Waals surface area contributed by atoms with Crippen LogP contribution in [0, 0.1) is 5.92 Å². The molecule has 0 saturated heterocycles. The van der Waals surface area contributed by atoms with Crippen molar-refractivity contribution in [2.24, 2.45) is 5.92 Å². The molecule has 0 bridgehead atoms. The van der Waals surface area contributed by atoms with Crippen molar-refractivity contribution in [1.29, 1.82) is 0 Å². The smallest absolute Gasteiger partial charge is 0.0611 e. The maximum atomic E-state index is 9.73. The number of hydrogen-bond acceptors (Lipinski definition) is 3. The molecule has 2 N–H and O–H groups in total. The molecule has 2 unspecified atom stereocenters. The van der Waals surface area contributed by atoms with Crippen LogP contribution in [-0.2, 0) is 0 Å². The van der Waals surface area contributed by atoms with E-state index in [4.69, 9.17) is 0 Å². The van der Waals surface area contributed by atoms with Gasteiger partial charge in [-0.25, -0.2) is 0 Å². The summed E-state index contributed by atoms with van der Waals surface area (Å²) in [5, 5.41) is 13.4. The van der Waals surface area contributed by atoms with Crippen LogP contribution >= 0.6 is 0 Å². The molecule has 1 aliphatic rings. The van der Waals surface area contributed by atoms with E-state index in [-0.39, 0.29) is 12.1 Å². The number of rotatable bonds is 9. The van der Waals surface area contributed by atoms with Crippen molar-refractivity contribution in [3.8, 4) is 0 Å². The summed E-state index contributed by atoms with van der Waals surface area (Å²) in [4.78, 5) is 2.56. The standard InChI is InChI=1S/C16H34N2O/c1-12(2)10-18(13(3)4)14(5)9-16(6,11-19)17-15-7-8-15/h12-15,17,19H,7-11H2,1-6H3. The van der Waals surface area contributed by atoms with Crippen molar-refractivity contribution >= 4 is 0 Å².